The first-order valence-corrected chi connectivity index (χ1v) is 10.7. The molecule has 0 spiro atoms. The van der Waals surface area contributed by atoms with Crippen LogP contribution in [0.2, 0.25) is 5.02 Å². The quantitative estimate of drug-likeness (QED) is 0.392. The lowest BCUT2D eigenvalue weighted by molar-refractivity contribution is 0.0696. The monoisotopic (exact) mass is 476 g/mol. The summed E-state index contributed by atoms with van der Waals surface area (Å²) in [6.45, 7) is 0. The molecule has 0 aliphatic heterocycles. The van der Waals surface area contributed by atoms with Crippen molar-refractivity contribution in [3.05, 3.63) is 94.8 Å². The van der Waals surface area contributed by atoms with Crippen LogP contribution in [0.4, 0.5) is 10.6 Å². The van der Waals surface area contributed by atoms with Gasteiger partial charge in [-0.25, -0.2) is 14.6 Å². The number of carbonyl (C=O) groups excluding carboxylic acids is 1. The molecule has 1 unspecified atom stereocenters. The van der Waals surface area contributed by atoms with Gasteiger partial charge in [0.1, 0.15) is 11.3 Å². The maximum atomic E-state index is 12.6. The van der Waals surface area contributed by atoms with Crippen LogP contribution in [0.3, 0.4) is 0 Å². The highest BCUT2D eigenvalue weighted by Gasteiger charge is 2.25. The third-order valence-corrected chi connectivity index (χ3v) is 5.45. The molecule has 0 radical (unpaired) electrons. The molecule has 2 aromatic carbocycles. The summed E-state index contributed by atoms with van der Waals surface area (Å²) in [6.07, 6.45) is 2.67. The van der Waals surface area contributed by atoms with E-state index >= 15 is 0 Å². The third kappa shape index (κ3) is 4.77. The summed E-state index contributed by atoms with van der Waals surface area (Å²) >= 11 is 6.62. The standard InChI is InChI=1S/C25H21ClN4O4/c1-30(2)25(33)34-23-18(14-19(26)17-6-5-13-28-22(17)23)21(29-20-7-3-4-12-27-20)15-8-10-16(11-9-15)24(31)32/h3-14,21H,1-2H3,(H,27,29)(H,31,32). The zero-order valence-corrected chi connectivity index (χ0v) is 19.2. The number of benzene rings is 2. The normalized spacial score (nSPS) is 11.6. The van der Waals surface area contributed by atoms with E-state index in [2.05, 4.69) is 15.3 Å². The molecule has 0 aliphatic carbocycles. The van der Waals surface area contributed by atoms with E-state index < -0.39 is 18.1 Å². The molecular weight excluding hydrogens is 456 g/mol. The maximum absolute atomic E-state index is 12.6. The van der Waals surface area contributed by atoms with E-state index in [1.165, 1.54) is 17.0 Å². The van der Waals surface area contributed by atoms with Crippen LogP contribution >= 0.6 is 11.6 Å². The van der Waals surface area contributed by atoms with Crippen molar-refractivity contribution in [3.8, 4) is 5.75 Å². The number of carboxylic acid groups (broad SMARTS) is 1. The van der Waals surface area contributed by atoms with Crippen molar-refractivity contribution in [2.45, 2.75) is 6.04 Å². The molecule has 9 heteroatoms. The second-order valence-corrected chi connectivity index (χ2v) is 8.07. The molecule has 8 nitrogen and oxygen atoms in total. The van der Waals surface area contributed by atoms with Crippen molar-refractivity contribution >= 4 is 40.4 Å². The molecule has 172 valence electrons. The number of rotatable bonds is 6. The zero-order chi connectivity index (χ0) is 24.2. The fraction of sp³-hybridized carbons (Fsp3) is 0.120. The van der Waals surface area contributed by atoms with Gasteiger partial charge in [-0.3, -0.25) is 4.98 Å². The van der Waals surface area contributed by atoms with Gasteiger partial charge >= 0.3 is 12.1 Å². The Kier molecular flexibility index (Phi) is 6.60. The Hall–Kier alpha value is -4.17. The molecule has 2 aromatic heterocycles. The van der Waals surface area contributed by atoms with E-state index in [4.69, 9.17) is 16.3 Å². The molecule has 0 bridgehead atoms. The highest BCUT2D eigenvalue weighted by molar-refractivity contribution is 6.35. The number of aromatic nitrogens is 2. The first-order chi connectivity index (χ1) is 16.3. The van der Waals surface area contributed by atoms with Crippen molar-refractivity contribution < 1.29 is 19.4 Å². The summed E-state index contributed by atoms with van der Waals surface area (Å²) in [7, 11) is 3.17. The van der Waals surface area contributed by atoms with Gasteiger partial charge in [0.15, 0.2) is 5.75 Å². The number of nitrogens with one attached hydrogen (secondary N) is 1. The summed E-state index contributed by atoms with van der Waals surface area (Å²) in [6, 6.07) is 16.5. The summed E-state index contributed by atoms with van der Waals surface area (Å²) in [5.74, 6) is -0.217. The van der Waals surface area contributed by atoms with Crippen LogP contribution in [0.25, 0.3) is 10.9 Å². The number of pyridine rings is 2. The molecule has 0 fully saturated rings. The smallest absolute Gasteiger partial charge is 0.414 e. The van der Waals surface area contributed by atoms with Gasteiger partial charge in [-0.15, -0.1) is 0 Å². The van der Waals surface area contributed by atoms with Crippen LogP contribution < -0.4 is 10.1 Å². The van der Waals surface area contributed by atoms with Crippen molar-refractivity contribution in [1.82, 2.24) is 14.9 Å². The predicted octanol–water partition coefficient (Wildman–Crippen LogP) is 5.24. The van der Waals surface area contributed by atoms with E-state index in [0.717, 1.165) is 0 Å². The van der Waals surface area contributed by atoms with E-state index in [0.29, 0.717) is 32.9 Å². The molecule has 2 heterocycles. The van der Waals surface area contributed by atoms with E-state index in [-0.39, 0.29) is 11.3 Å². The number of carboxylic acids is 1. The molecule has 1 amide bonds. The predicted molar refractivity (Wildman–Crippen MR) is 130 cm³/mol. The van der Waals surface area contributed by atoms with Gasteiger partial charge < -0.3 is 20.1 Å². The first kappa shape index (κ1) is 23.0. The summed E-state index contributed by atoms with van der Waals surface area (Å²) in [5, 5.41) is 13.7. The molecule has 0 aliphatic rings. The maximum Gasteiger partial charge on any atom is 0.414 e. The highest BCUT2D eigenvalue weighted by Crippen LogP contribution is 2.40. The van der Waals surface area contributed by atoms with Crippen LogP contribution in [-0.2, 0) is 0 Å². The molecule has 0 saturated carbocycles. The van der Waals surface area contributed by atoms with E-state index in [9.17, 15) is 14.7 Å². The Balaban J connectivity index is 1.93. The van der Waals surface area contributed by atoms with E-state index in [1.54, 1.807) is 69.0 Å². The average Bonchev–Trinajstić information content (AvgIpc) is 2.85. The molecule has 34 heavy (non-hydrogen) atoms. The molecule has 1 atom stereocenters. The minimum atomic E-state index is -1.03. The number of ether oxygens (including phenoxy) is 1. The lowest BCUT2D eigenvalue weighted by atomic mass is 9.95. The number of amides is 1. The number of anilines is 1. The number of hydrogen-bond donors (Lipinski definition) is 2. The van der Waals surface area contributed by atoms with Crippen molar-refractivity contribution in [1.29, 1.82) is 0 Å². The molecule has 0 saturated heterocycles. The average molecular weight is 477 g/mol. The Labute approximate surface area is 200 Å². The number of hydrogen-bond acceptors (Lipinski definition) is 6. The molecular formula is C25H21ClN4O4. The third-order valence-electron chi connectivity index (χ3n) is 5.14. The zero-order valence-electron chi connectivity index (χ0n) is 18.4. The van der Waals surface area contributed by atoms with Gasteiger partial charge in [-0.1, -0.05) is 29.8 Å². The first-order valence-electron chi connectivity index (χ1n) is 10.3. The Morgan fingerprint density at radius 3 is 2.41 bits per heavy atom. The van der Waals surface area contributed by atoms with Crippen LogP contribution in [-0.4, -0.2) is 46.1 Å². The fourth-order valence-electron chi connectivity index (χ4n) is 3.45. The largest absolute Gasteiger partial charge is 0.478 e. The van der Waals surface area contributed by atoms with Crippen molar-refractivity contribution in [2.75, 3.05) is 19.4 Å². The molecule has 4 aromatic rings. The van der Waals surface area contributed by atoms with Gasteiger partial charge in [0.2, 0.25) is 0 Å². The summed E-state index contributed by atoms with van der Waals surface area (Å²) in [5.41, 5.74) is 1.83. The van der Waals surface area contributed by atoms with Gasteiger partial charge in [0, 0.05) is 37.4 Å². The van der Waals surface area contributed by atoms with Crippen LogP contribution in [0, 0.1) is 0 Å². The second-order valence-electron chi connectivity index (χ2n) is 7.66. The highest BCUT2D eigenvalue weighted by atomic mass is 35.5. The fourth-order valence-corrected chi connectivity index (χ4v) is 3.72. The number of aromatic carboxylic acids is 1. The Bertz CT molecular complexity index is 1340. The summed E-state index contributed by atoms with van der Waals surface area (Å²) < 4.78 is 5.79. The van der Waals surface area contributed by atoms with Gasteiger partial charge in [0.25, 0.3) is 0 Å². The number of carbonyl (C=O) groups is 2. The second kappa shape index (κ2) is 9.76. The lowest BCUT2D eigenvalue weighted by Gasteiger charge is -2.24. The van der Waals surface area contributed by atoms with Crippen LogP contribution in [0.1, 0.15) is 27.5 Å². The number of halogens is 1. The summed E-state index contributed by atoms with van der Waals surface area (Å²) in [4.78, 5) is 34.0. The lowest BCUT2D eigenvalue weighted by Crippen LogP contribution is -2.26. The van der Waals surface area contributed by atoms with Gasteiger partial charge in [-0.05, 0) is 48.0 Å². The minimum absolute atomic E-state index is 0.151. The van der Waals surface area contributed by atoms with Gasteiger partial charge in [0.05, 0.1) is 16.6 Å². The Morgan fingerprint density at radius 1 is 1.03 bits per heavy atom. The topological polar surface area (TPSA) is 105 Å². The van der Waals surface area contributed by atoms with Crippen molar-refractivity contribution in [3.63, 3.8) is 0 Å². The number of nitrogens with zero attached hydrogens (tertiary/aromatic N) is 3. The molecule has 2 N–H and O–H groups in total. The number of fused-ring (bicyclic) bond motifs is 1. The molecule has 4 rings (SSSR count). The van der Waals surface area contributed by atoms with E-state index in [1.807, 2.05) is 6.07 Å². The van der Waals surface area contributed by atoms with Crippen LogP contribution in [0.15, 0.2) is 73.1 Å². The Morgan fingerprint density at radius 2 is 1.76 bits per heavy atom. The van der Waals surface area contributed by atoms with Crippen molar-refractivity contribution in [2.24, 2.45) is 0 Å². The van der Waals surface area contributed by atoms with Crippen LogP contribution in [0.5, 0.6) is 5.75 Å². The minimum Gasteiger partial charge on any atom is -0.478 e. The SMILES string of the molecule is CN(C)C(=O)Oc1c(C(Nc2ccccn2)c2ccc(C(=O)O)cc2)cc(Cl)c2cccnc12. The van der Waals surface area contributed by atoms with Gasteiger partial charge in [-0.2, -0.15) is 0 Å².